The van der Waals surface area contributed by atoms with Crippen molar-refractivity contribution in [1.82, 2.24) is 25.2 Å². The zero-order valence-corrected chi connectivity index (χ0v) is 10.3. The molecule has 2 N–H and O–H groups in total. The third-order valence-electron chi connectivity index (χ3n) is 2.44. The van der Waals surface area contributed by atoms with Gasteiger partial charge in [-0.1, -0.05) is 5.21 Å². The standard InChI is InChI=1S/C10H19N5O2/c1-11-4-3-5-14(2)6-7-15-8-9(10(16)17)12-13-15/h8,11H,3-7H2,1-2H3,(H,16,17). The van der Waals surface area contributed by atoms with Crippen molar-refractivity contribution in [3.05, 3.63) is 11.9 Å². The smallest absolute Gasteiger partial charge is 0.358 e. The number of carbonyl (C=O) groups is 1. The predicted octanol–water partition coefficient (Wildman–Crippen LogP) is -0.482. The van der Waals surface area contributed by atoms with Crippen molar-refractivity contribution >= 4 is 5.97 Å². The van der Waals surface area contributed by atoms with Crippen LogP contribution in [0.1, 0.15) is 16.9 Å². The molecule has 0 spiro atoms. The van der Waals surface area contributed by atoms with Gasteiger partial charge in [0.05, 0.1) is 12.7 Å². The zero-order chi connectivity index (χ0) is 12.7. The van der Waals surface area contributed by atoms with E-state index in [-0.39, 0.29) is 5.69 Å². The van der Waals surface area contributed by atoms with Gasteiger partial charge in [0, 0.05) is 6.54 Å². The van der Waals surface area contributed by atoms with Gasteiger partial charge in [-0.3, -0.25) is 4.68 Å². The molecular weight excluding hydrogens is 222 g/mol. The predicted molar refractivity (Wildman–Crippen MR) is 63.0 cm³/mol. The summed E-state index contributed by atoms with van der Waals surface area (Å²) in [6.07, 6.45) is 2.54. The third kappa shape index (κ3) is 4.92. The van der Waals surface area contributed by atoms with E-state index in [1.807, 2.05) is 14.1 Å². The second kappa shape index (κ2) is 6.97. The van der Waals surface area contributed by atoms with Gasteiger partial charge in [0.25, 0.3) is 0 Å². The van der Waals surface area contributed by atoms with Gasteiger partial charge in [0.15, 0.2) is 5.69 Å². The van der Waals surface area contributed by atoms with Crippen LogP contribution in [0.4, 0.5) is 0 Å². The molecule has 0 bridgehead atoms. The summed E-state index contributed by atoms with van der Waals surface area (Å²) in [4.78, 5) is 12.8. The maximum Gasteiger partial charge on any atom is 0.358 e. The van der Waals surface area contributed by atoms with E-state index in [2.05, 4.69) is 20.5 Å². The molecule has 0 fully saturated rings. The number of rotatable bonds is 8. The fourth-order valence-electron chi connectivity index (χ4n) is 1.42. The highest BCUT2D eigenvalue weighted by molar-refractivity contribution is 5.84. The quantitative estimate of drug-likeness (QED) is 0.598. The zero-order valence-electron chi connectivity index (χ0n) is 10.3. The van der Waals surface area contributed by atoms with Gasteiger partial charge in [-0.25, -0.2) is 4.79 Å². The summed E-state index contributed by atoms with van der Waals surface area (Å²) in [6, 6.07) is 0. The molecule has 1 heterocycles. The number of hydrogen-bond donors (Lipinski definition) is 2. The molecule has 0 aromatic carbocycles. The molecular formula is C10H19N5O2. The van der Waals surface area contributed by atoms with E-state index in [9.17, 15) is 4.79 Å². The molecule has 0 aliphatic rings. The molecule has 0 aliphatic carbocycles. The van der Waals surface area contributed by atoms with Crippen LogP contribution >= 0.6 is 0 Å². The van der Waals surface area contributed by atoms with Crippen molar-refractivity contribution in [2.24, 2.45) is 0 Å². The Kier molecular flexibility index (Phi) is 5.58. The average molecular weight is 241 g/mol. The Hall–Kier alpha value is -1.47. The van der Waals surface area contributed by atoms with Crippen molar-refractivity contribution in [2.45, 2.75) is 13.0 Å². The first kappa shape index (κ1) is 13.6. The second-order valence-corrected chi connectivity index (χ2v) is 3.93. The van der Waals surface area contributed by atoms with Crippen LogP contribution in [0.5, 0.6) is 0 Å². The van der Waals surface area contributed by atoms with Gasteiger partial charge >= 0.3 is 5.97 Å². The summed E-state index contributed by atoms with van der Waals surface area (Å²) in [5.41, 5.74) is -0.0113. The lowest BCUT2D eigenvalue weighted by Gasteiger charge is -2.15. The van der Waals surface area contributed by atoms with E-state index in [0.717, 1.165) is 26.1 Å². The van der Waals surface area contributed by atoms with E-state index in [1.165, 1.54) is 6.20 Å². The lowest BCUT2D eigenvalue weighted by Crippen LogP contribution is -2.26. The minimum atomic E-state index is -1.04. The van der Waals surface area contributed by atoms with E-state index < -0.39 is 5.97 Å². The molecule has 0 radical (unpaired) electrons. The monoisotopic (exact) mass is 241 g/mol. The Morgan fingerprint density at radius 1 is 1.59 bits per heavy atom. The third-order valence-corrected chi connectivity index (χ3v) is 2.44. The van der Waals surface area contributed by atoms with Crippen molar-refractivity contribution < 1.29 is 9.90 Å². The van der Waals surface area contributed by atoms with Gasteiger partial charge in [-0.05, 0) is 33.6 Å². The number of aromatic carboxylic acids is 1. The van der Waals surface area contributed by atoms with E-state index >= 15 is 0 Å². The summed E-state index contributed by atoms with van der Waals surface area (Å²) in [6.45, 7) is 3.47. The molecule has 0 aliphatic heterocycles. The fraction of sp³-hybridized carbons (Fsp3) is 0.700. The van der Waals surface area contributed by atoms with Gasteiger partial charge in [0.2, 0.25) is 0 Å². The number of hydrogen-bond acceptors (Lipinski definition) is 5. The molecule has 1 aromatic rings. The summed E-state index contributed by atoms with van der Waals surface area (Å²) in [5, 5.41) is 19.1. The van der Waals surface area contributed by atoms with E-state index in [4.69, 9.17) is 5.11 Å². The summed E-state index contributed by atoms with van der Waals surface area (Å²) < 4.78 is 1.55. The molecule has 0 saturated carbocycles. The van der Waals surface area contributed by atoms with E-state index in [0.29, 0.717) is 6.54 Å². The van der Waals surface area contributed by atoms with Gasteiger partial charge in [-0.2, -0.15) is 0 Å². The minimum absolute atomic E-state index is 0.0113. The number of nitrogens with zero attached hydrogens (tertiary/aromatic N) is 4. The lowest BCUT2D eigenvalue weighted by atomic mass is 10.4. The minimum Gasteiger partial charge on any atom is -0.476 e. The Morgan fingerprint density at radius 2 is 2.35 bits per heavy atom. The van der Waals surface area contributed by atoms with Gasteiger partial charge in [-0.15, -0.1) is 5.10 Å². The van der Waals surface area contributed by atoms with Crippen LogP contribution in [-0.2, 0) is 6.54 Å². The highest BCUT2D eigenvalue weighted by atomic mass is 16.4. The maximum atomic E-state index is 10.6. The first-order chi connectivity index (χ1) is 8.13. The number of aromatic nitrogens is 3. The summed E-state index contributed by atoms with van der Waals surface area (Å²) >= 11 is 0. The molecule has 0 amide bonds. The topological polar surface area (TPSA) is 83.3 Å². The van der Waals surface area contributed by atoms with Crippen LogP contribution in [-0.4, -0.2) is 64.7 Å². The summed E-state index contributed by atoms with van der Waals surface area (Å²) in [5.74, 6) is -1.04. The second-order valence-electron chi connectivity index (χ2n) is 3.93. The van der Waals surface area contributed by atoms with Gasteiger partial charge in [0.1, 0.15) is 0 Å². The van der Waals surface area contributed by atoms with Crippen molar-refractivity contribution in [1.29, 1.82) is 0 Å². The SMILES string of the molecule is CNCCCN(C)CCn1cc(C(=O)O)nn1. The Labute approximate surface area is 100 Å². The highest BCUT2D eigenvalue weighted by Gasteiger charge is 2.08. The molecule has 1 rings (SSSR count). The van der Waals surface area contributed by atoms with Crippen molar-refractivity contribution in [3.63, 3.8) is 0 Å². The molecule has 0 saturated heterocycles. The summed E-state index contributed by atoms with van der Waals surface area (Å²) in [7, 11) is 3.97. The van der Waals surface area contributed by atoms with Crippen LogP contribution in [0.3, 0.4) is 0 Å². The van der Waals surface area contributed by atoms with Crippen LogP contribution in [0, 0.1) is 0 Å². The van der Waals surface area contributed by atoms with Gasteiger partial charge < -0.3 is 15.3 Å². The highest BCUT2D eigenvalue weighted by Crippen LogP contribution is 1.94. The number of carboxylic acid groups (broad SMARTS) is 1. The normalized spacial score (nSPS) is 11.0. The Bertz CT molecular complexity index is 352. The van der Waals surface area contributed by atoms with Crippen LogP contribution < -0.4 is 5.32 Å². The number of nitrogens with one attached hydrogen (secondary N) is 1. The molecule has 0 atom stereocenters. The van der Waals surface area contributed by atoms with E-state index in [1.54, 1.807) is 4.68 Å². The Morgan fingerprint density at radius 3 is 2.94 bits per heavy atom. The average Bonchev–Trinajstić information content (AvgIpc) is 2.75. The maximum absolute atomic E-state index is 10.6. The Balaban J connectivity index is 2.26. The number of likely N-dealkylation sites (N-methyl/N-ethyl adjacent to an activating group) is 1. The molecule has 17 heavy (non-hydrogen) atoms. The number of carboxylic acids is 1. The molecule has 0 unspecified atom stereocenters. The van der Waals surface area contributed by atoms with Crippen LogP contribution in [0.2, 0.25) is 0 Å². The fourth-order valence-corrected chi connectivity index (χ4v) is 1.42. The first-order valence-corrected chi connectivity index (χ1v) is 5.60. The van der Waals surface area contributed by atoms with Crippen molar-refractivity contribution in [2.75, 3.05) is 33.7 Å². The largest absolute Gasteiger partial charge is 0.476 e. The van der Waals surface area contributed by atoms with Crippen molar-refractivity contribution in [3.8, 4) is 0 Å². The molecule has 96 valence electrons. The van der Waals surface area contributed by atoms with Crippen LogP contribution in [0.25, 0.3) is 0 Å². The molecule has 7 heteroatoms. The molecule has 1 aromatic heterocycles. The van der Waals surface area contributed by atoms with Crippen LogP contribution in [0.15, 0.2) is 6.20 Å². The molecule has 7 nitrogen and oxygen atoms in total. The lowest BCUT2D eigenvalue weighted by molar-refractivity contribution is 0.0690. The first-order valence-electron chi connectivity index (χ1n) is 5.60.